The summed E-state index contributed by atoms with van der Waals surface area (Å²) in [5.41, 5.74) is -0.911. The van der Waals surface area contributed by atoms with Crippen LogP contribution in [-0.2, 0) is 38.0 Å². The fourth-order valence-electron chi connectivity index (χ4n) is 7.32. The number of halogens is 6. The lowest BCUT2D eigenvalue weighted by atomic mass is 9.51. The molecule has 8 nitrogen and oxygen atoms in total. The van der Waals surface area contributed by atoms with E-state index in [9.17, 15) is 35.9 Å². The Morgan fingerprint density at radius 2 is 1.43 bits per heavy atom. The molecule has 2 heterocycles. The van der Waals surface area contributed by atoms with E-state index >= 15 is 0 Å². The van der Waals surface area contributed by atoms with E-state index in [-0.39, 0.29) is 31.6 Å². The molecule has 4 unspecified atom stereocenters. The zero-order chi connectivity index (χ0) is 29.4. The molecule has 0 N–H and O–H groups in total. The zero-order valence-corrected chi connectivity index (χ0v) is 22.5. The molecular formula is C26H34F6O8. The molecule has 4 aliphatic carbocycles. The standard InChI is InChI=1S/C26H34F6O8/c1-21(2)38-17(6-18(39-21)11-35-20(34)22(3,27)28)7-19(33)40-23-8-14-4-15(9-23)26(16(5-14)10-23)36-12-24(29,30)25(31,32)13-37-26/h14-18H,4-13H2,1-3H3. The molecule has 2 saturated heterocycles. The summed E-state index contributed by atoms with van der Waals surface area (Å²) >= 11 is 0. The highest BCUT2D eigenvalue weighted by Crippen LogP contribution is 2.63. The van der Waals surface area contributed by atoms with Crippen molar-refractivity contribution in [3.63, 3.8) is 0 Å². The number of carbonyl (C=O) groups excluding carboxylic acids is 2. The molecule has 40 heavy (non-hydrogen) atoms. The molecule has 4 bridgehead atoms. The molecule has 4 saturated carbocycles. The van der Waals surface area contributed by atoms with E-state index in [1.165, 1.54) is 0 Å². The smallest absolute Gasteiger partial charge is 0.376 e. The lowest BCUT2D eigenvalue weighted by Crippen LogP contribution is -2.66. The van der Waals surface area contributed by atoms with Crippen LogP contribution in [-0.4, -0.2) is 78.9 Å². The predicted molar refractivity (Wildman–Crippen MR) is 122 cm³/mol. The molecule has 228 valence electrons. The molecule has 6 fully saturated rings. The fraction of sp³-hybridized carbons (Fsp3) is 0.923. The van der Waals surface area contributed by atoms with Crippen LogP contribution in [0.3, 0.4) is 0 Å². The Morgan fingerprint density at radius 1 is 0.875 bits per heavy atom. The fourth-order valence-corrected chi connectivity index (χ4v) is 7.32. The Bertz CT molecular complexity index is 978. The van der Waals surface area contributed by atoms with Gasteiger partial charge in [-0.25, -0.2) is 4.79 Å². The number of alkyl halides is 6. The summed E-state index contributed by atoms with van der Waals surface area (Å²) in [6, 6.07) is 0. The molecule has 0 aromatic rings. The summed E-state index contributed by atoms with van der Waals surface area (Å²) in [5, 5.41) is 0. The molecule has 1 spiro atoms. The third kappa shape index (κ3) is 5.57. The van der Waals surface area contributed by atoms with Crippen molar-refractivity contribution >= 4 is 11.9 Å². The molecule has 0 amide bonds. The number of hydrogen-bond acceptors (Lipinski definition) is 8. The Labute approximate surface area is 227 Å². The van der Waals surface area contributed by atoms with Crippen molar-refractivity contribution < 1.29 is 64.4 Å². The second kappa shape index (κ2) is 9.70. The maximum atomic E-state index is 14.0. The Kier molecular flexibility index (Phi) is 7.24. The Balaban J connectivity index is 1.22. The number of hydrogen-bond donors (Lipinski definition) is 0. The van der Waals surface area contributed by atoms with Gasteiger partial charge in [-0.05, 0) is 51.9 Å². The maximum absolute atomic E-state index is 14.0. The van der Waals surface area contributed by atoms with Gasteiger partial charge in [-0.2, -0.15) is 26.3 Å². The minimum atomic E-state index is -4.36. The van der Waals surface area contributed by atoms with Crippen LogP contribution in [0.1, 0.15) is 65.7 Å². The maximum Gasteiger partial charge on any atom is 0.376 e. The van der Waals surface area contributed by atoms with Gasteiger partial charge in [0.25, 0.3) is 0 Å². The van der Waals surface area contributed by atoms with Crippen LogP contribution in [0.15, 0.2) is 0 Å². The van der Waals surface area contributed by atoms with Crippen molar-refractivity contribution in [1.29, 1.82) is 0 Å². The number of carbonyl (C=O) groups is 2. The average molecular weight is 589 g/mol. The molecule has 2 aliphatic heterocycles. The van der Waals surface area contributed by atoms with Gasteiger partial charge in [0, 0.05) is 25.2 Å². The molecule has 0 aromatic heterocycles. The summed E-state index contributed by atoms with van der Waals surface area (Å²) in [5.74, 6) is -18.3. The number of rotatable bonds is 6. The van der Waals surface area contributed by atoms with Gasteiger partial charge in [-0.3, -0.25) is 4.79 Å². The van der Waals surface area contributed by atoms with Crippen LogP contribution in [0.5, 0.6) is 0 Å². The summed E-state index contributed by atoms with van der Waals surface area (Å²) in [6.07, 6.45) is 0.434. The van der Waals surface area contributed by atoms with Gasteiger partial charge in [-0.1, -0.05) is 0 Å². The first-order chi connectivity index (χ1) is 18.3. The first kappa shape index (κ1) is 29.8. The van der Waals surface area contributed by atoms with Crippen molar-refractivity contribution in [3.8, 4) is 0 Å². The number of esters is 2. The minimum absolute atomic E-state index is 0.0786. The third-order valence-corrected chi connectivity index (χ3v) is 8.67. The molecule has 14 heteroatoms. The van der Waals surface area contributed by atoms with Crippen molar-refractivity contribution in [2.45, 2.75) is 113 Å². The van der Waals surface area contributed by atoms with E-state index in [2.05, 4.69) is 4.74 Å². The molecule has 0 aromatic carbocycles. The van der Waals surface area contributed by atoms with Gasteiger partial charge in [0.2, 0.25) is 0 Å². The van der Waals surface area contributed by atoms with Gasteiger partial charge in [0.05, 0.1) is 18.6 Å². The monoisotopic (exact) mass is 588 g/mol. The molecular weight excluding hydrogens is 554 g/mol. The van der Waals surface area contributed by atoms with Crippen LogP contribution < -0.4 is 0 Å². The average Bonchev–Trinajstić information content (AvgIpc) is 2.88. The Hall–Kier alpha value is -1.64. The molecule has 6 aliphatic rings. The summed E-state index contributed by atoms with van der Waals surface area (Å²) in [4.78, 5) is 24.6. The molecule has 0 radical (unpaired) electrons. The van der Waals surface area contributed by atoms with Crippen molar-refractivity contribution in [3.05, 3.63) is 0 Å². The third-order valence-electron chi connectivity index (χ3n) is 8.67. The Morgan fingerprint density at radius 3 is 1.98 bits per heavy atom. The van der Waals surface area contributed by atoms with E-state index in [1.807, 2.05) is 0 Å². The zero-order valence-electron chi connectivity index (χ0n) is 22.5. The van der Waals surface area contributed by atoms with Crippen LogP contribution >= 0.6 is 0 Å². The van der Waals surface area contributed by atoms with E-state index in [4.69, 9.17) is 23.7 Å². The van der Waals surface area contributed by atoms with Crippen molar-refractivity contribution in [2.75, 3.05) is 19.8 Å². The lowest BCUT2D eigenvalue weighted by molar-refractivity contribution is -0.355. The predicted octanol–water partition coefficient (Wildman–Crippen LogP) is 4.62. The van der Waals surface area contributed by atoms with E-state index in [1.54, 1.807) is 13.8 Å². The second-order valence-corrected chi connectivity index (χ2v) is 12.5. The summed E-state index contributed by atoms with van der Waals surface area (Å²) in [6.45, 7) is 0.225. The van der Waals surface area contributed by atoms with Gasteiger partial charge in [-0.15, -0.1) is 0 Å². The minimum Gasteiger partial charge on any atom is -0.459 e. The first-order valence-corrected chi connectivity index (χ1v) is 13.5. The van der Waals surface area contributed by atoms with Crippen LogP contribution in [0.4, 0.5) is 26.3 Å². The summed E-state index contributed by atoms with van der Waals surface area (Å²) in [7, 11) is 0. The van der Waals surface area contributed by atoms with Crippen LogP contribution in [0.2, 0.25) is 0 Å². The second-order valence-electron chi connectivity index (χ2n) is 12.5. The topological polar surface area (TPSA) is 89.5 Å². The highest BCUT2D eigenvalue weighted by molar-refractivity contribution is 5.76. The van der Waals surface area contributed by atoms with Gasteiger partial charge >= 0.3 is 29.7 Å². The van der Waals surface area contributed by atoms with Crippen LogP contribution in [0.25, 0.3) is 0 Å². The van der Waals surface area contributed by atoms with E-state index < -0.39 is 90.7 Å². The molecule has 4 atom stereocenters. The van der Waals surface area contributed by atoms with E-state index in [0.29, 0.717) is 26.2 Å². The van der Waals surface area contributed by atoms with E-state index in [0.717, 1.165) is 0 Å². The largest absolute Gasteiger partial charge is 0.459 e. The summed E-state index contributed by atoms with van der Waals surface area (Å²) < 4.78 is 116. The van der Waals surface area contributed by atoms with Gasteiger partial charge < -0.3 is 28.4 Å². The highest BCUT2D eigenvalue weighted by atomic mass is 19.3. The van der Waals surface area contributed by atoms with Crippen molar-refractivity contribution in [2.24, 2.45) is 17.8 Å². The molecule has 6 rings (SSSR count). The number of ether oxygens (including phenoxy) is 6. The normalized spacial score (nSPS) is 39.0. The highest BCUT2D eigenvalue weighted by Gasteiger charge is 2.69. The van der Waals surface area contributed by atoms with Gasteiger partial charge in [0.1, 0.15) is 25.4 Å². The van der Waals surface area contributed by atoms with Crippen LogP contribution in [0, 0.1) is 17.8 Å². The van der Waals surface area contributed by atoms with Gasteiger partial charge in [0.15, 0.2) is 11.6 Å². The SMILES string of the molecule is CC1(C)OC(COC(=O)C(C)(F)F)CC(CC(=O)OC23CC4CC(C2)C2(OCC(F)(F)C(F)(F)CO2)C(C4)C3)O1. The quantitative estimate of drug-likeness (QED) is 0.328. The van der Waals surface area contributed by atoms with Crippen molar-refractivity contribution in [1.82, 2.24) is 0 Å². The lowest BCUT2D eigenvalue weighted by Gasteiger charge is -2.63. The first-order valence-electron chi connectivity index (χ1n) is 13.5.